The first kappa shape index (κ1) is 60.2. The Morgan fingerprint density at radius 2 is 0.787 bits per heavy atom. The minimum Gasteiger partial charge on any atom is -0.545 e. The van der Waals surface area contributed by atoms with Gasteiger partial charge in [0.25, 0.3) is 0 Å². The molecule has 0 radical (unpaired) electrons. The first-order chi connectivity index (χ1) is 34.9. The summed E-state index contributed by atoms with van der Waals surface area (Å²) in [6.07, 6.45) is 9.51. The standard InChI is InChI=1S/C34H16N2O3.2C15H28O2.2Pt/c1-3-13-29-19(7-1)23-15-17-27(35-33(23)37-29)25-11-5-9-21-22-10-6-12-26(32(22)39-31(21)25)28-18-16-24-20-8-2-4-14-30(20)38-34(24)36-28;2*1-7-14(5,8-2)12(16)11-13(17)15(6,9-3)10-4;;/h1-10,13-18H;2*11,16H,7-10H2,1-6H3;;/q-2;;;;/b;2*12-11-;;. The molecule has 0 atom stereocenters. The zero-order valence-electron chi connectivity index (χ0n) is 45.5. The smallest absolute Gasteiger partial charge is 0.218 e. The van der Waals surface area contributed by atoms with E-state index in [0.717, 1.165) is 117 Å². The fraction of sp³-hybridized carbons (Fsp3) is 0.375. The van der Waals surface area contributed by atoms with Crippen LogP contribution in [0.2, 0.25) is 0 Å². The number of ketones is 2. The van der Waals surface area contributed by atoms with Crippen LogP contribution in [0.4, 0.5) is 0 Å². The van der Waals surface area contributed by atoms with E-state index in [1.807, 2.05) is 180 Å². The molecule has 0 aliphatic rings. The minimum atomic E-state index is -0.337. The number of hydrogen-bond acceptors (Lipinski definition) is 9. The quantitative estimate of drug-likeness (QED) is 0.0550. The van der Waals surface area contributed by atoms with Gasteiger partial charge in [-0.3, -0.25) is 19.6 Å². The van der Waals surface area contributed by atoms with Gasteiger partial charge in [-0.25, -0.2) is 0 Å². The van der Waals surface area contributed by atoms with Gasteiger partial charge in [0.1, 0.15) is 22.7 Å². The van der Waals surface area contributed by atoms with Crippen molar-refractivity contribution in [3.63, 3.8) is 0 Å². The molecule has 2 N–H and O–H groups in total. The summed E-state index contributed by atoms with van der Waals surface area (Å²) in [7, 11) is 0. The van der Waals surface area contributed by atoms with E-state index in [-0.39, 0.29) is 86.9 Å². The maximum atomic E-state index is 12.2. The van der Waals surface area contributed by atoms with Gasteiger partial charge in [-0.05, 0) is 74.9 Å². The topological polar surface area (TPSA) is 140 Å². The van der Waals surface area contributed by atoms with Crippen molar-refractivity contribution in [2.75, 3.05) is 0 Å². The van der Waals surface area contributed by atoms with Gasteiger partial charge >= 0.3 is 0 Å². The summed E-state index contributed by atoms with van der Waals surface area (Å²) >= 11 is 0. The first-order valence-corrected chi connectivity index (χ1v) is 26.2. The number of allylic oxidation sites excluding steroid dienone is 4. The predicted molar refractivity (Wildman–Crippen MR) is 299 cm³/mol. The van der Waals surface area contributed by atoms with E-state index >= 15 is 0 Å². The van der Waals surface area contributed by atoms with Gasteiger partial charge in [-0.15, -0.1) is 36.4 Å². The number of furan rings is 3. The number of aliphatic hydroxyl groups excluding tert-OH is 2. The van der Waals surface area contributed by atoms with Gasteiger partial charge in [-0.1, -0.05) is 166 Å². The van der Waals surface area contributed by atoms with Gasteiger partial charge in [-0.2, -0.15) is 0 Å². The molecule has 9 aromatic rings. The number of hydrogen-bond donors (Lipinski definition) is 2. The van der Waals surface area contributed by atoms with Crippen molar-refractivity contribution in [3.05, 3.63) is 133 Å². The SMILES string of the molecule is CCC(C)(CC)C(=O)/C=C(\O)C(C)(CC)CC.CCC(C)(CC)C(=O)/C=C(\O)C(C)(CC)CC.[Pt].[Pt].[c-]1ccc2c(oc3c(-c4ccc5c(n4)oc4ccccc45)[c-]ccc32)c1-c1ccc2c(n1)oc1ccccc12. The molecule has 9 rings (SSSR count). The molecule has 11 heteroatoms. The molecule has 4 aromatic carbocycles. The molecule has 0 bridgehead atoms. The summed E-state index contributed by atoms with van der Waals surface area (Å²) in [5.41, 5.74) is 6.05. The predicted octanol–water partition coefficient (Wildman–Crippen LogP) is 18.4. The zero-order valence-corrected chi connectivity index (χ0v) is 50.1. The normalized spacial score (nSPS) is 12.6. The van der Waals surface area contributed by atoms with Crippen LogP contribution in [0.25, 0.3) is 88.6 Å². The van der Waals surface area contributed by atoms with Gasteiger partial charge in [0, 0.05) is 109 Å². The van der Waals surface area contributed by atoms with Crippen molar-refractivity contribution >= 4 is 77.6 Å². The van der Waals surface area contributed by atoms with Crippen LogP contribution in [0.3, 0.4) is 0 Å². The van der Waals surface area contributed by atoms with Crippen LogP contribution in [0.1, 0.15) is 134 Å². The Kier molecular flexibility index (Phi) is 20.1. The molecular weight excluding hydrogens is 1300 g/mol. The number of nitrogens with zero attached hydrogens (tertiary/aromatic N) is 2. The molecule has 0 aliphatic carbocycles. The molecule has 5 aromatic heterocycles. The summed E-state index contributed by atoms with van der Waals surface area (Å²) in [6.45, 7) is 24.2. The number of carbonyl (C=O) groups is 2. The van der Waals surface area contributed by atoms with Crippen LogP contribution < -0.4 is 0 Å². The van der Waals surface area contributed by atoms with Gasteiger partial charge < -0.3 is 23.5 Å². The Hall–Kier alpha value is -5.62. The molecule has 402 valence electrons. The van der Waals surface area contributed by atoms with Crippen LogP contribution >= 0.6 is 0 Å². The van der Waals surface area contributed by atoms with E-state index in [9.17, 15) is 19.8 Å². The van der Waals surface area contributed by atoms with E-state index in [4.69, 9.17) is 23.2 Å². The molecule has 5 heterocycles. The molecule has 0 fully saturated rings. The summed E-state index contributed by atoms with van der Waals surface area (Å²) in [5, 5.41) is 26.3. The fourth-order valence-corrected chi connectivity index (χ4v) is 8.94. The second kappa shape index (κ2) is 25.0. The third kappa shape index (κ3) is 12.0. The van der Waals surface area contributed by atoms with Crippen molar-refractivity contribution < 1.29 is 75.2 Å². The average molecular weight is 1370 g/mol. The minimum absolute atomic E-state index is 0. The van der Waals surface area contributed by atoms with Crippen molar-refractivity contribution in [1.29, 1.82) is 0 Å². The second-order valence-electron chi connectivity index (χ2n) is 20.4. The number of para-hydroxylation sites is 2. The largest absolute Gasteiger partial charge is 0.545 e. The summed E-state index contributed by atoms with van der Waals surface area (Å²) in [4.78, 5) is 34.1. The molecule has 0 spiro atoms. The van der Waals surface area contributed by atoms with Crippen molar-refractivity contribution in [2.45, 2.75) is 134 Å². The third-order valence-electron chi connectivity index (χ3n) is 16.6. The van der Waals surface area contributed by atoms with Crippen LogP contribution in [0.15, 0.2) is 134 Å². The fourth-order valence-electron chi connectivity index (χ4n) is 8.94. The van der Waals surface area contributed by atoms with E-state index in [1.54, 1.807) is 0 Å². The number of pyridine rings is 2. The number of aromatic nitrogens is 2. The average Bonchev–Trinajstić information content (AvgIpc) is 4.13. The molecule has 0 unspecified atom stereocenters. The number of rotatable bonds is 16. The maximum absolute atomic E-state index is 12.2. The van der Waals surface area contributed by atoms with E-state index in [0.29, 0.717) is 22.6 Å². The van der Waals surface area contributed by atoms with Crippen molar-refractivity contribution in [1.82, 2.24) is 9.97 Å². The third-order valence-corrected chi connectivity index (χ3v) is 16.6. The number of carbonyl (C=O) groups excluding carboxylic acids is 2. The number of fused-ring (bicyclic) bond motifs is 9. The van der Waals surface area contributed by atoms with Crippen molar-refractivity contribution in [3.8, 4) is 22.5 Å². The maximum Gasteiger partial charge on any atom is 0.218 e. The second-order valence-corrected chi connectivity index (χ2v) is 20.4. The Morgan fingerprint density at radius 3 is 1.12 bits per heavy atom. The Morgan fingerprint density at radius 1 is 0.453 bits per heavy atom. The summed E-state index contributed by atoms with van der Waals surface area (Å²) < 4.78 is 18.6. The number of benzene rings is 4. The monoisotopic (exact) mass is 1370 g/mol. The molecule has 0 saturated carbocycles. The van der Waals surface area contributed by atoms with Crippen LogP contribution in [0, 0.1) is 33.8 Å². The Labute approximate surface area is 471 Å². The molecular formula is C64H72N2O7Pt2-2. The van der Waals surface area contributed by atoms with Crippen molar-refractivity contribution in [2.24, 2.45) is 21.7 Å². The zero-order chi connectivity index (χ0) is 52.9. The van der Waals surface area contributed by atoms with Crippen LogP contribution in [-0.4, -0.2) is 31.7 Å². The molecule has 0 amide bonds. The Balaban J connectivity index is 0.000000245. The van der Waals surface area contributed by atoms with Gasteiger partial charge in [0.15, 0.2) is 11.6 Å². The van der Waals surface area contributed by atoms with Gasteiger partial charge in [0.2, 0.25) is 11.4 Å². The van der Waals surface area contributed by atoms with Crippen LogP contribution in [0.5, 0.6) is 0 Å². The summed E-state index contributed by atoms with van der Waals surface area (Å²) in [5.74, 6) is 0.572. The summed E-state index contributed by atoms with van der Waals surface area (Å²) in [6, 6.07) is 38.6. The van der Waals surface area contributed by atoms with E-state index in [2.05, 4.69) is 12.1 Å². The van der Waals surface area contributed by atoms with E-state index < -0.39 is 0 Å². The van der Waals surface area contributed by atoms with E-state index in [1.165, 1.54) is 12.2 Å². The molecule has 75 heavy (non-hydrogen) atoms. The Bertz CT molecular complexity index is 3260. The molecule has 0 aliphatic heterocycles. The van der Waals surface area contributed by atoms with Gasteiger partial charge in [0.05, 0.1) is 0 Å². The molecule has 9 nitrogen and oxygen atoms in total. The van der Waals surface area contributed by atoms with Crippen LogP contribution in [-0.2, 0) is 51.7 Å². The first-order valence-electron chi connectivity index (χ1n) is 26.2. The number of aliphatic hydroxyl groups is 2. The molecule has 0 saturated heterocycles.